The fourth-order valence-corrected chi connectivity index (χ4v) is 2.55. The summed E-state index contributed by atoms with van der Waals surface area (Å²) in [7, 11) is 0. The molecule has 0 aromatic carbocycles. The molecule has 0 saturated heterocycles. The second-order valence-electron chi connectivity index (χ2n) is 5.31. The van der Waals surface area contributed by atoms with Crippen molar-refractivity contribution in [2.24, 2.45) is 0 Å². The van der Waals surface area contributed by atoms with Gasteiger partial charge in [0.1, 0.15) is 0 Å². The maximum atomic E-state index is 12.2. The molecule has 0 atom stereocenters. The molecule has 0 spiro atoms. The van der Waals surface area contributed by atoms with E-state index in [4.69, 9.17) is 0 Å². The molecule has 1 aliphatic rings. The van der Waals surface area contributed by atoms with Gasteiger partial charge in [0.2, 0.25) is 0 Å². The second kappa shape index (κ2) is 5.98. The van der Waals surface area contributed by atoms with E-state index in [-0.39, 0.29) is 5.91 Å². The number of amides is 1. The van der Waals surface area contributed by atoms with Gasteiger partial charge in [0.05, 0.1) is 5.56 Å². The lowest BCUT2D eigenvalue weighted by Crippen LogP contribution is -2.34. The highest BCUT2D eigenvalue weighted by Crippen LogP contribution is 2.18. The Balaban J connectivity index is 2.04. The zero-order valence-corrected chi connectivity index (χ0v) is 11.3. The molecular formula is C15H22N2O. The van der Waals surface area contributed by atoms with E-state index < -0.39 is 0 Å². The second-order valence-corrected chi connectivity index (χ2v) is 5.31. The van der Waals surface area contributed by atoms with Crippen LogP contribution >= 0.6 is 0 Å². The molecule has 1 amide bonds. The number of carbonyl (C=O) groups excluding carboxylic acids is 1. The first-order valence-corrected chi connectivity index (χ1v) is 6.91. The van der Waals surface area contributed by atoms with Crippen LogP contribution in [0.1, 0.15) is 60.1 Å². The standard InChI is InChI=1S/C15H22N2O/c1-11-9-14(12(2)16-10-11)15(18)17-13-7-5-3-4-6-8-13/h9-10,13H,3-8H2,1-2H3,(H,17,18). The molecule has 3 heteroatoms. The summed E-state index contributed by atoms with van der Waals surface area (Å²) < 4.78 is 0. The van der Waals surface area contributed by atoms with E-state index >= 15 is 0 Å². The molecule has 3 nitrogen and oxygen atoms in total. The van der Waals surface area contributed by atoms with E-state index in [1.54, 1.807) is 6.20 Å². The highest BCUT2D eigenvalue weighted by Gasteiger charge is 2.17. The summed E-state index contributed by atoms with van der Waals surface area (Å²) in [5.41, 5.74) is 2.57. The van der Waals surface area contributed by atoms with Gasteiger partial charge in [0, 0.05) is 17.9 Å². The summed E-state index contributed by atoms with van der Waals surface area (Å²) in [4.78, 5) is 16.5. The topological polar surface area (TPSA) is 42.0 Å². The van der Waals surface area contributed by atoms with E-state index in [1.807, 2.05) is 19.9 Å². The van der Waals surface area contributed by atoms with Crippen molar-refractivity contribution >= 4 is 5.91 Å². The molecule has 1 heterocycles. The summed E-state index contributed by atoms with van der Waals surface area (Å²) in [6.07, 6.45) is 9.10. The first-order chi connectivity index (χ1) is 8.66. The molecule has 1 aromatic heterocycles. The molecule has 98 valence electrons. The Morgan fingerprint density at radius 1 is 1.22 bits per heavy atom. The van der Waals surface area contributed by atoms with Gasteiger partial charge in [-0.1, -0.05) is 25.7 Å². The van der Waals surface area contributed by atoms with Crippen LogP contribution in [0.4, 0.5) is 0 Å². The van der Waals surface area contributed by atoms with Crippen molar-refractivity contribution in [3.8, 4) is 0 Å². The van der Waals surface area contributed by atoms with E-state index in [1.165, 1.54) is 25.7 Å². The predicted molar refractivity (Wildman–Crippen MR) is 72.7 cm³/mol. The van der Waals surface area contributed by atoms with Gasteiger partial charge >= 0.3 is 0 Å². The zero-order valence-electron chi connectivity index (χ0n) is 11.3. The zero-order chi connectivity index (χ0) is 13.0. The molecule has 18 heavy (non-hydrogen) atoms. The quantitative estimate of drug-likeness (QED) is 0.814. The number of hydrogen-bond donors (Lipinski definition) is 1. The number of carbonyl (C=O) groups is 1. The third-order valence-corrected chi connectivity index (χ3v) is 3.66. The van der Waals surface area contributed by atoms with Gasteiger partial charge in [-0.2, -0.15) is 0 Å². The lowest BCUT2D eigenvalue weighted by molar-refractivity contribution is 0.0932. The Kier molecular flexibility index (Phi) is 4.34. The van der Waals surface area contributed by atoms with Gasteiger partial charge < -0.3 is 5.32 Å². The molecule has 1 saturated carbocycles. The Morgan fingerprint density at radius 2 is 1.89 bits per heavy atom. The molecule has 0 bridgehead atoms. The van der Waals surface area contributed by atoms with Crippen LogP contribution in [0.25, 0.3) is 0 Å². The SMILES string of the molecule is Cc1cnc(C)c(C(=O)NC2CCCCCC2)c1. The van der Waals surface area contributed by atoms with Crippen LogP contribution in [-0.2, 0) is 0 Å². The van der Waals surface area contributed by atoms with Gasteiger partial charge in [-0.05, 0) is 38.3 Å². The smallest absolute Gasteiger partial charge is 0.253 e. The first-order valence-electron chi connectivity index (χ1n) is 6.91. The molecule has 0 radical (unpaired) electrons. The highest BCUT2D eigenvalue weighted by atomic mass is 16.1. The van der Waals surface area contributed by atoms with Crippen LogP contribution in [0.2, 0.25) is 0 Å². The average molecular weight is 246 g/mol. The predicted octanol–water partition coefficient (Wildman–Crippen LogP) is 3.15. The largest absolute Gasteiger partial charge is 0.349 e. The van der Waals surface area contributed by atoms with Gasteiger partial charge in [-0.15, -0.1) is 0 Å². The van der Waals surface area contributed by atoms with E-state index in [0.717, 1.165) is 29.7 Å². The van der Waals surface area contributed by atoms with Crippen LogP contribution in [-0.4, -0.2) is 16.9 Å². The normalized spacial score (nSPS) is 17.2. The number of rotatable bonds is 2. The van der Waals surface area contributed by atoms with Gasteiger partial charge in [-0.3, -0.25) is 9.78 Å². The molecular weight excluding hydrogens is 224 g/mol. The Labute approximate surface area is 109 Å². The van der Waals surface area contributed by atoms with E-state index in [2.05, 4.69) is 10.3 Å². The highest BCUT2D eigenvalue weighted by molar-refractivity contribution is 5.95. The fourth-order valence-electron chi connectivity index (χ4n) is 2.55. The van der Waals surface area contributed by atoms with Crippen molar-refractivity contribution in [3.05, 3.63) is 29.1 Å². The van der Waals surface area contributed by atoms with Crippen molar-refractivity contribution in [1.82, 2.24) is 10.3 Å². The Morgan fingerprint density at radius 3 is 2.56 bits per heavy atom. The van der Waals surface area contributed by atoms with Crippen LogP contribution < -0.4 is 5.32 Å². The molecule has 1 aromatic rings. The third kappa shape index (κ3) is 3.31. The summed E-state index contributed by atoms with van der Waals surface area (Å²) in [5.74, 6) is 0.0376. The van der Waals surface area contributed by atoms with Gasteiger partial charge in [0.25, 0.3) is 5.91 Å². The number of aromatic nitrogens is 1. The number of nitrogens with zero attached hydrogens (tertiary/aromatic N) is 1. The van der Waals surface area contributed by atoms with Crippen molar-refractivity contribution in [3.63, 3.8) is 0 Å². The van der Waals surface area contributed by atoms with Crippen molar-refractivity contribution < 1.29 is 4.79 Å². The monoisotopic (exact) mass is 246 g/mol. The molecule has 1 N–H and O–H groups in total. The van der Waals surface area contributed by atoms with Crippen molar-refractivity contribution in [2.75, 3.05) is 0 Å². The third-order valence-electron chi connectivity index (χ3n) is 3.66. The average Bonchev–Trinajstić information content (AvgIpc) is 2.61. The maximum absolute atomic E-state index is 12.2. The minimum Gasteiger partial charge on any atom is -0.349 e. The Bertz CT molecular complexity index is 421. The summed E-state index contributed by atoms with van der Waals surface area (Å²) in [6.45, 7) is 3.86. The van der Waals surface area contributed by atoms with Crippen LogP contribution in [0, 0.1) is 13.8 Å². The molecule has 0 unspecified atom stereocenters. The van der Waals surface area contributed by atoms with Crippen molar-refractivity contribution in [2.45, 2.75) is 58.4 Å². The minimum atomic E-state index is 0.0376. The van der Waals surface area contributed by atoms with Crippen LogP contribution in [0.3, 0.4) is 0 Å². The van der Waals surface area contributed by atoms with Crippen LogP contribution in [0.15, 0.2) is 12.3 Å². The van der Waals surface area contributed by atoms with E-state index in [0.29, 0.717) is 6.04 Å². The molecule has 1 fully saturated rings. The minimum absolute atomic E-state index is 0.0376. The lowest BCUT2D eigenvalue weighted by atomic mass is 10.1. The maximum Gasteiger partial charge on any atom is 0.253 e. The lowest BCUT2D eigenvalue weighted by Gasteiger charge is -2.17. The van der Waals surface area contributed by atoms with Crippen molar-refractivity contribution in [1.29, 1.82) is 0 Å². The number of aryl methyl sites for hydroxylation is 2. The fraction of sp³-hybridized carbons (Fsp3) is 0.600. The molecule has 1 aliphatic carbocycles. The first kappa shape index (κ1) is 13.1. The van der Waals surface area contributed by atoms with Gasteiger partial charge in [-0.25, -0.2) is 0 Å². The summed E-state index contributed by atoms with van der Waals surface area (Å²) in [5, 5.41) is 3.16. The summed E-state index contributed by atoms with van der Waals surface area (Å²) in [6, 6.07) is 2.27. The number of nitrogens with one attached hydrogen (secondary N) is 1. The van der Waals surface area contributed by atoms with E-state index in [9.17, 15) is 4.79 Å². The number of pyridine rings is 1. The Hall–Kier alpha value is -1.38. The van der Waals surface area contributed by atoms with Crippen LogP contribution in [0.5, 0.6) is 0 Å². The van der Waals surface area contributed by atoms with Gasteiger partial charge in [0.15, 0.2) is 0 Å². The summed E-state index contributed by atoms with van der Waals surface area (Å²) >= 11 is 0. The molecule has 2 rings (SSSR count). The molecule has 0 aliphatic heterocycles. The number of hydrogen-bond acceptors (Lipinski definition) is 2.